The van der Waals surface area contributed by atoms with E-state index in [0.717, 1.165) is 24.6 Å². The van der Waals surface area contributed by atoms with Crippen LogP contribution in [0.25, 0.3) is 0 Å². The highest BCUT2D eigenvalue weighted by molar-refractivity contribution is 6.02. The fourth-order valence-corrected chi connectivity index (χ4v) is 2.40. The van der Waals surface area contributed by atoms with Gasteiger partial charge >= 0.3 is 0 Å². The molecule has 0 saturated carbocycles. The third kappa shape index (κ3) is 3.36. The van der Waals surface area contributed by atoms with Gasteiger partial charge in [-0.05, 0) is 26.2 Å². The van der Waals surface area contributed by atoms with Crippen molar-refractivity contribution in [1.29, 1.82) is 0 Å². The van der Waals surface area contributed by atoms with Crippen LogP contribution in [0.15, 0.2) is 24.8 Å². The first-order chi connectivity index (χ1) is 10.7. The van der Waals surface area contributed by atoms with Crippen LogP contribution >= 0.6 is 0 Å². The zero-order valence-corrected chi connectivity index (χ0v) is 12.5. The summed E-state index contributed by atoms with van der Waals surface area (Å²) < 4.78 is 0. The molecule has 0 radical (unpaired) electrons. The number of nitrogens with one attached hydrogen (secondary N) is 1. The zero-order chi connectivity index (χ0) is 15.4. The number of aromatic nitrogens is 4. The molecule has 1 aliphatic rings. The quantitative estimate of drug-likeness (QED) is 0.930. The molecule has 1 amide bonds. The number of amides is 1. The van der Waals surface area contributed by atoms with Crippen LogP contribution in [0.1, 0.15) is 35.4 Å². The lowest BCUT2D eigenvalue weighted by Gasteiger charge is -2.27. The lowest BCUT2D eigenvalue weighted by molar-refractivity contribution is 0.102. The second kappa shape index (κ2) is 6.46. The maximum atomic E-state index is 12.1. The molecule has 1 saturated heterocycles. The molecule has 0 spiro atoms. The molecule has 7 nitrogen and oxygen atoms in total. The summed E-state index contributed by atoms with van der Waals surface area (Å²) >= 11 is 0. The lowest BCUT2D eigenvalue weighted by atomic mass is 10.1. The Morgan fingerprint density at radius 3 is 2.64 bits per heavy atom. The minimum atomic E-state index is -0.323. The second-order valence-corrected chi connectivity index (χ2v) is 5.31. The number of hydrogen-bond donors (Lipinski definition) is 1. The number of aryl methyl sites for hydroxylation is 1. The molecule has 0 aliphatic carbocycles. The topological polar surface area (TPSA) is 83.9 Å². The van der Waals surface area contributed by atoms with E-state index < -0.39 is 0 Å². The molecule has 3 rings (SSSR count). The summed E-state index contributed by atoms with van der Waals surface area (Å²) in [7, 11) is 0. The summed E-state index contributed by atoms with van der Waals surface area (Å²) in [5, 5.41) is 2.74. The van der Waals surface area contributed by atoms with Gasteiger partial charge in [-0.1, -0.05) is 0 Å². The van der Waals surface area contributed by atoms with E-state index in [1.165, 1.54) is 31.8 Å². The van der Waals surface area contributed by atoms with Gasteiger partial charge in [-0.15, -0.1) is 0 Å². The maximum absolute atomic E-state index is 12.1. The van der Waals surface area contributed by atoms with Crippen LogP contribution in [0.3, 0.4) is 0 Å². The minimum Gasteiger partial charge on any atom is -0.356 e. The van der Waals surface area contributed by atoms with Crippen molar-refractivity contribution in [3.63, 3.8) is 0 Å². The zero-order valence-electron chi connectivity index (χ0n) is 12.5. The summed E-state index contributed by atoms with van der Waals surface area (Å²) in [6.07, 6.45) is 8.10. The monoisotopic (exact) mass is 298 g/mol. The molecular weight excluding hydrogens is 280 g/mol. The van der Waals surface area contributed by atoms with Gasteiger partial charge in [0.15, 0.2) is 0 Å². The first kappa shape index (κ1) is 14.4. The Hall–Kier alpha value is -2.57. The van der Waals surface area contributed by atoms with Crippen molar-refractivity contribution in [3.8, 4) is 0 Å². The number of piperidine rings is 1. The Bertz CT molecular complexity index is 651. The van der Waals surface area contributed by atoms with E-state index in [-0.39, 0.29) is 11.6 Å². The highest BCUT2D eigenvalue weighted by Gasteiger charge is 2.14. The molecular formula is C15H18N6O. The Morgan fingerprint density at radius 1 is 1.09 bits per heavy atom. The Labute approximate surface area is 128 Å². The van der Waals surface area contributed by atoms with Crippen LogP contribution in [-0.4, -0.2) is 38.9 Å². The van der Waals surface area contributed by atoms with Crippen LogP contribution in [0.5, 0.6) is 0 Å². The molecule has 2 aromatic rings. The molecule has 7 heteroatoms. The highest BCUT2D eigenvalue weighted by Crippen LogP contribution is 2.19. The third-order valence-corrected chi connectivity index (χ3v) is 3.59. The van der Waals surface area contributed by atoms with Gasteiger partial charge in [-0.25, -0.2) is 15.0 Å². The van der Waals surface area contributed by atoms with Crippen molar-refractivity contribution < 1.29 is 4.79 Å². The van der Waals surface area contributed by atoms with Crippen molar-refractivity contribution in [3.05, 3.63) is 36.2 Å². The summed E-state index contributed by atoms with van der Waals surface area (Å²) in [4.78, 5) is 30.9. The van der Waals surface area contributed by atoms with E-state index >= 15 is 0 Å². The number of nitrogens with zero attached hydrogens (tertiary/aromatic N) is 5. The predicted molar refractivity (Wildman–Crippen MR) is 82.8 cm³/mol. The first-order valence-electron chi connectivity index (χ1n) is 7.39. The van der Waals surface area contributed by atoms with Gasteiger partial charge < -0.3 is 10.2 Å². The van der Waals surface area contributed by atoms with Gasteiger partial charge in [0.25, 0.3) is 5.91 Å². The van der Waals surface area contributed by atoms with Gasteiger partial charge in [0, 0.05) is 25.4 Å². The Balaban J connectivity index is 1.72. The number of anilines is 2. The normalized spacial score (nSPS) is 14.7. The summed E-state index contributed by atoms with van der Waals surface area (Å²) in [5.41, 5.74) is 1.04. The van der Waals surface area contributed by atoms with E-state index in [4.69, 9.17) is 0 Å². The fourth-order valence-electron chi connectivity index (χ4n) is 2.40. The van der Waals surface area contributed by atoms with E-state index in [0.29, 0.717) is 5.82 Å². The fraction of sp³-hybridized carbons (Fsp3) is 0.400. The van der Waals surface area contributed by atoms with Gasteiger partial charge in [-0.3, -0.25) is 9.78 Å². The summed E-state index contributed by atoms with van der Waals surface area (Å²) in [6, 6.07) is 1.80. The van der Waals surface area contributed by atoms with Crippen molar-refractivity contribution in [1.82, 2.24) is 19.9 Å². The first-order valence-corrected chi connectivity index (χ1v) is 7.39. The van der Waals surface area contributed by atoms with Gasteiger partial charge in [0.2, 0.25) is 0 Å². The molecule has 22 heavy (non-hydrogen) atoms. The van der Waals surface area contributed by atoms with Gasteiger partial charge in [-0.2, -0.15) is 0 Å². The van der Waals surface area contributed by atoms with Gasteiger partial charge in [0.1, 0.15) is 23.7 Å². The maximum Gasteiger partial charge on any atom is 0.277 e. The van der Waals surface area contributed by atoms with Gasteiger partial charge in [0.05, 0.1) is 11.9 Å². The standard InChI is InChI=1S/C15H18N6O/c1-11-8-17-12(9-16-11)15(22)20-13-7-14(19-10-18-13)21-5-3-2-4-6-21/h7-10H,2-6H2,1H3,(H,18,19,20,22). The van der Waals surface area contributed by atoms with Crippen LogP contribution in [0, 0.1) is 6.92 Å². The Kier molecular flexibility index (Phi) is 4.22. The molecule has 0 bridgehead atoms. The third-order valence-electron chi connectivity index (χ3n) is 3.59. The van der Waals surface area contributed by atoms with E-state index in [1.54, 1.807) is 12.3 Å². The lowest BCUT2D eigenvalue weighted by Crippen LogP contribution is -2.30. The SMILES string of the molecule is Cc1cnc(C(=O)Nc2cc(N3CCCCC3)ncn2)cn1. The molecule has 1 aliphatic heterocycles. The summed E-state index contributed by atoms with van der Waals surface area (Å²) in [5.74, 6) is 0.999. The summed E-state index contributed by atoms with van der Waals surface area (Å²) in [6.45, 7) is 3.81. The van der Waals surface area contributed by atoms with Crippen LogP contribution in [0.4, 0.5) is 11.6 Å². The van der Waals surface area contributed by atoms with Crippen molar-refractivity contribution in [2.45, 2.75) is 26.2 Å². The molecule has 3 heterocycles. The minimum absolute atomic E-state index is 0.267. The van der Waals surface area contributed by atoms with Crippen LogP contribution in [-0.2, 0) is 0 Å². The molecule has 2 aromatic heterocycles. The number of carbonyl (C=O) groups is 1. The van der Waals surface area contributed by atoms with Crippen molar-refractivity contribution in [2.75, 3.05) is 23.3 Å². The molecule has 0 atom stereocenters. The largest absolute Gasteiger partial charge is 0.356 e. The molecule has 1 fully saturated rings. The predicted octanol–water partition coefficient (Wildman–Crippen LogP) is 1.82. The second-order valence-electron chi connectivity index (χ2n) is 5.31. The van der Waals surface area contributed by atoms with Crippen molar-refractivity contribution in [2.24, 2.45) is 0 Å². The van der Waals surface area contributed by atoms with E-state index in [2.05, 4.69) is 30.2 Å². The molecule has 0 aromatic carbocycles. The average molecular weight is 298 g/mol. The molecule has 0 unspecified atom stereocenters. The number of hydrogen-bond acceptors (Lipinski definition) is 6. The Morgan fingerprint density at radius 2 is 1.91 bits per heavy atom. The van der Waals surface area contributed by atoms with E-state index in [1.807, 2.05) is 6.92 Å². The average Bonchev–Trinajstić information content (AvgIpc) is 2.56. The van der Waals surface area contributed by atoms with E-state index in [9.17, 15) is 4.79 Å². The smallest absolute Gasteiger partial charge is 0.277 e. The molecule has 1 N–H and O–H groups in total. The number of carbonyl (C=O) groups excluding carboxylic acids is 1. The number of rotatable bonds is 3. The van der Waals surface area contributed by atoms with Crippen LogP contribution in [0.2, 0.25) is 0 Å². The van der Waals surface area contributed by atoms with Crippen molar-refractivity contribution >= 4 is 17.5 Å². The molecule has 114 valence electrons. The highest BCUT2D eigenvalue weighted by atomic mass is 16.1. The van der Waals surface area contributed by atoms with Crippen LogP contribution < -0.4 is 10.2 Å².